The van der Waals surface area contributed by atoms with Gasteiger partial charge in [-0.25, -0.2) is 0 Å². The van der Waals surface area contributed by atoms with E-state index < -0.39 is 19.8 Å². The number of aliphatic hydroxyl groups is 1. The van der Waals surface area contributed by atoms with Crippen molar-refractivity contribution in [3.8, 4) is 0 Å². The maximum Gasteiger partial charge on any atom is 0.192 e. The predicted octanol–water partition coefficient (Wildman–Crippen LogP) is 3.37. The highest BCUT2D eigenvalue weighted by molar-refractivity contribution is 6.74. The van der Waals surface area contributed by atoms with Gasteiger partial charge < -0.3 is 9.53 Å². The van der Waals surface area contributed by atoms with Gasteiger partial charge in [-0.05, 0) is 25.1 Å². The molecule has 0 aromatic rings. The van der Waals surface area contributed by atoms with Gasteiger partial charge in [0.2, 0.25) is 0 Å². The Morgan fingerprint density at radius 3 is 2.00 bits per heavy atom. The van der Waals surface area contributed by atoms with Crippen molar-refractivity contribution >= 4 is 14.1 Å². The molecule has 0 aromatic heterocycles. The first kappa shape index (κ1) is 17.8. The normalized spacial score (nSPS) is 15.6. The minimum atomic E-state index is -1.82. The van der Waals surface area contributed by atoms with Gasteiger partial charge in [-0.1, -0.05) is 34.6 Å². The molecule has 4 heteroatoms. The molecule has 0 bridgehead atoms. The molecule has 0 radical (unpaired) electrons. The average Bonchev–Trinajstić information content (AvgIpc) is 2.12. The third-order valence-electron chi connectivity index (χ3n) is 3.84. The van der Waals surface area contributed by atoms with Gasteiger partial charge in [0, 0.05) is 18.4 Å². The van der Waals surface area contributed by atoms with E-state index in [1.54, 1.807) is 6.92 Å². The van der Waals surface area contributed by atoms with Crippen LogP contribution < -0.4 is 0 Å². The van der Waals surface area contributed by atoms with Gasteiger partial charge in [0.15, 0.2) is 8.32 Å². The van der Waals surface area contributed by atoms with Crippen molar-refractivity contribution in [2.24, 2.45) is 5.41 Å². The fourth-order valence-corrected chi connectivity index (χ4v) is 2.36. The zero-order valence-corrected chi connectivity index (χ0v) is 14.3. The fourth-order valence-electron chi connectivity index (χ4n) is 1.20. The van der Waals surface area contributed by atoms with Gasteiger partial charge in [-0.3, -0.25) is 4.79 Å². The molecule has 108 valence electrons. The third-order valence-corrected chi connectivity index (χ3v) is 8.31. The van der Waals surface area contributed by atoms with E-state index in [9.17, 15) is 9.90 Å². The van der Waals surface area contributed by atoms with E-state index in [2.05, 4.69) is 33.9 Å². The summed E-state index contributed by atoms with van der Waals surface area (Å²) in [6.07, 6.45) is -0.377. The Bertz CT molecular complexity index is 288. The summed E-state index contributed by atoms with van der Waals surface area (Å²) in [5.74, 6) is 0.0659. The largest absolute Gasteiger partial charge is 0.416 e. The van der Waals surface area contributed by atoms with Crippen LogP contribution in [0.1, 0.15) is 48.0 Å². The SMILES string of the molecule is CC(O)CC(=O)C(C)(C)CO[Si](C)(C)C(C)(C)C. The molecule has 1 N–H and O–H groups in total. The maximum absolute atomic E-state index is 12.0. The highest BCUT2D eigenvalue weighted by atomic mass is 28.4. The maximum atomic E-state index is 12.0. The molecule has 0 aliphatic rings. The number of hydrogen-bond acceptors (Lipinski definition) is 3. The van der Waals surface area contributed by atoms with Gasteiger partial charge in [-0.15, -0.1) is 0 Å². The van der Waals surface area contributed by atoms with E-state index in [1.165, 1.54) is 0 Å². The number of carbonyl (C=O) groups is 1. The average molecular weight is 274 g/mol. The molecule has 0 fully saturated rings. The topological polar surface area (TPSA) is 46.5 Å². The Balaban J connectivity index is 4.57. The number of hydrogen-bond donors (Lipinski definition) is 1. The summed E-state index contributed by atoms with van der Waals surface area (Å²) < 4.78 is 6.10. The second-order valence-corrected chi connectivity index (χ2v) is 12.2. The number of ketones is 1. The molecule has 0 saturated carbocycles. The summed E-state index contributed by atoms with van der Waals surface area (Å²) in [4.78, 5) is 12.0. The zero-order chi connectivity index (χ0) is 14.8. The van der Waals surface area contributed by atoms with Crippen LogP contribution in [-0.2, 0) is 9.22 Å². The minimum absolute atomic E-state index is 0.0659. The lowest BCUT2D eigenvalue weighted by Gasteiger charge is -2.38. The first-order valence-corrected chi connectivity index (χ1v) is 9.56. The summed E-state index contributed by atoms with van der Waals surface area (Å²) in [5, 5.41) is 9.44. The van der Waals surface area contributed by atoms with Crippen LogP contribution >= 0.6 is 0 Å². The van der Waals surface area contributed by atoms with Gasteiger partial charge in [0.05, 0.1) is 6.10 Å². The quantitative estimate of drug-likeness (QED) is 0.755. The first-order chi connectivity index (χ1) is 7.79. The second-order valence-electron chi connectivity index (χ2n) is 7.41. The molecular weight excluding hydrogens is 244 g/mol. The first-order valence-electron chi connectivity index (χ1n) is 6.65. The number of rotatable bonds is 6. The molecule has 1 atom stereocenters. The summed E-state index contributed by atoms with van der Waals surface area (Å²) in [7, 11) is -1.82. The van der Waals surface area contributed by atoms with E-state index in [1.807, 2.05) is 13.8 Å². The molecule has 0 spiro atoms. The van der Waals surface area contributed by atoms with Crippen molar-refractivity contribution in [3.05, 3.63) is 0 Å². The Morgan fingerprint density at radius 1 is 1.22 bits per heavy atom. The zero-order valence-electron chi connectivity index (χ0n) is 13.3. The van der Waals surface area contributed by atoms with Crippen LogP contribution in [0, 0.1) is 5.41 Å². The van der Waals surface area contributed by atoms with Gasteiger partial charge in [-0.2, -0.15) is 0 Å². The molecule has 0 amide bonds. The van der Waals surface area contributed by atoms with Gasteiger partial charge in [0.1, 0.15) is 5.78 Å². The van der Waals surface area contributed by atoms with E-state index in [0.717, 1.165) is 0 Å². The van der Waals surface area contributed by atoms with Crippen molar-refractivity contribution in [2.75, 3.05) is 6.61 Å². The Hall–Kier alpha value is -0.193. The highest BCUT2D eigenvalue weighted by Crippen LogP contribution is 2.37. The van der Waals surface area contributed by atoms with Crippen LogP contribution in [0.3, 0.4) is 0 Å². The number of Topliss-reactive ketones (excluding diaryl/α,β-unsaturated/α-hetero) is 1. The second kappa shape index (κ2) is 5.84. The highest BCUT2D eigenvalue weighted by Gasteiger charge is 2.39. The lowest BCUT2D eigenvalue weighted by molar-refractivity contribution is -0.130. The van der Waals surface area contributed by atoms with Crippen molar-refractivity contribution in [2.45, 2.75) is 72.2 Å². The molecule has 18 heavy (non-hydrogen) atoms. The van der Waals surface area contributed by atoms with Crippen molar-refractivity contribution in [1.82, 2.24) is 0 Å². The molecular formula is C14H30O3Si. The Kier molecular flexibility index (Phi) is 5.78. The van der Waals surface area contributed by atoms with E-state index >= 15 is 0 Å². The molecule has 0 aliphatic heterocycles. The lowest BCUT2D eigenvalue weighted by Crippen LogP contribution is -2.44. The Labute approximate surface area is 113 Å². The van der Waals surface area contributed by atoms with Crippen molar-refractivity contribution in [3.63, 3.8) is 0 Å². The molecule has 3 nitrogen and oxygen atoms in total. The van der Waals surface area contributed by atoms with Crippen LogP contribution in [0.4, 0.5) is 0 Å². The molecule has 1 unspecified atom stereocenters. The lowest BCUT2D eigenvalue weighted by atomic mass is 9.86. The third kappa shape index (κ3) is 5.20. The smallest absolute Gasteiger partial charge is 0.192 e. The molecule has 0 aromatic carbocycles. The van der Waals surface area contributed by atoms with Gasteiger partial charge >= 0.3 is 0 Å². The molecule has 0 saturated heterocycles. The standard InChI is InChI=1S/C14H30O3Si/c1-11(15)9-12(16)14(5,6)10-17-18(7,8)13(2,3)4/h11,15H,9-10H2,1-8H3. The predicted molar refractivity (Wildman–Crippen MR) is 78.2 cm³/mol. The summed E-state index contributed by atoms with van der Waals surface area (Å²) in [6.45, 7) is 16.8. The van der Waals surface area contributed by atoms with Gasteiger partial charge in [0.25, 0.3) is 0 Å². The molecule has 0 rings (SSSR count). The van der Waals surface area contributed by atoms with Crippen LogP contribution in [-0.4, -0.2) is 31.9 Å². The summed E-state index contributed by atoms with van der Waals surface area (Å²) in [6, 6.07) is 0. The van der Waals surface area contributed by atoms with Crippen LogP contribution in [0.25, 0.3) is 0 Å². The van der Waals surface area contributed by atoms with Crippen molar-refractivity contribution in [1.29, 1.82) is 0 Å². The van der Waals surface area contributed by atoms with Crippen LogP contribution in [0.15, 0.2) is 0 Å². The minimum Gasteiger partial charge on any atom is -0.416 e. The molecule has 0 aliphatic carbocycles. The fraction of sp³-hybridized carbons (Fsp3) is 0.929. The van der Waals surface area contributed by atoms with Crippen LogP contribution in [0.5, 0.6) is 0 Å². The molecule has 0 heterocycles. The van der Waals surface area contributed by atoms with Crippen LogP contribution in [0.2, 0.25) is 18.1 Å². The summed E-state index contributed by atoms with van der Waals surface area (Å²) in [5.41, 5.74) is -0.521. The van der Waals surface area contributed by atoms with E-state index in [0.29, 0.717) is 6.61 Å². The Morgan fingerprint density at radius 2 is 1.67 bits per heavy atom. The number of carbonyl (C=O) groups excluding carboxylic acids is 1. The van der Waals surface area contributed by atoms with E-state index in [4.69, 9.17) is 4.43 Å². The number of aliphatic hydroxyl groups excluding tert-OH is 1. The van der Waals surface area contributed by atoms with Crippen molar-refractivity contribution < 1.29 is 14.3 Å². The monoisotopic (exact) mass is 274 g/mol. The van der Waals surface area contributed by atoms with E-state index in [-0.39, 0.29) is 17.2 Å². The summed E-state index contributed by atoms with van der Waals surface area (Å²) >= 11 is 0.